The van der Waals surface area contributed by atoms with Crippen LogP contribution in [0, 0.1) is 0 Å². The van der Waals surface area contributed by atoms with Crippen LogP contribution in [-0.2, 0) is 0 Å². The van der Waals surface area contributed by atoms with Crippen LogP contribution in [0.25, 0.3) is 38.7 Å². The summed E-state index contributed by atoms with van der Waals surface area (Å²) in [5.41, 5.74) is 3.54. The molecule has 0 bridgehead atoms. The zero-order chi connectivity index (χ0) is 16.3. The third kappa shape index (κ3) is 1.83. The molecule has 3 aromatic carbocycles. The van der Waals surface area contributed by atoms with Gasteiger partial charge in [0.1, 0.15) is 12.2 Å². The Balaban J connectivity index is 1.93. The average Bonchev–Trinajstić information content (AvgIpc) is 2.63. The molecule has 2 N–H and O–H groups in total. The number of aliphatic hydroxyl groups is 2. The van der Waals surface area contributed by atoms with Crippen molar-refractivity contribution in [2.75, 3.05) is 0 Å². The maximum atomic E-state index is 10.3. The lowest BCUT2D eigenvalue weighted by Gasteiger charge is -2.23. The molecule has 0 unspecified atom stereocenters. The Bertz CT molecular complexity index is 1150. The van der Waals surface area contributed by atoms with E-state index < -0.39 is 12.2 Å². The van der Waals surface area contributed by atoms with Gasteiger partial charge in [0.15, 0.2) is 0 Å². The fraction of sp³-hybridized carbons (Fsp3) is 0.0952. The van der Waals surface area contributed by atoms with Crippen molar-refractivity contribution in [3.05, 3.63) is 71.8 Å². The smallest absolute Gasteiger partial charge is 0.109 e. The fourth-order valence-corrected chi connectivity index (χ4v) is 3.63. The second-order valence-corrected chi connectivity index (χ2v) is 6.27. The lowest BCUT2D eigenvalue weighted by Crippen LogP contribution is -2.19. The molecule has 1 aliphatic rings. The normalized spacial score (nSPS) is 19.9. The second kappa shape index (κ2) is 4.87. The molecule has 0 aliphatic heterocycles. The van der Waals surface area contributed by atoms with Gasteiger partial charge in [-0.15, -0.1) is 0 Å². The van der Waals surface area contributed by atoms with Gasteiger partial charge in [-0.1, -0.05) is 48.6 Å². The molecule has 0 fully saturated rings. The monoisotopic (exact) mass is 313 g/mol. The highest BCUT2D eigenvalue weighted by atomic mass is 16.3. The number of aliphatic hydroxyl groups excluding tert-OH is 2. The summed E-state index contributed by atoms with van der Waals surface area (Å²) in [6.45, 7) is 0. The minimum atomic E-state index is -0.891. The minimum absolute atomic E-state index is 0.749. The molecule has 0 saturated heterocycles. The molecule has 3 heteroatoms. The molecule has 4 aromatic rings. The van der Waals surface area contributed by atoms with E-state index in [9.17, 15) is 10.2 Å². The molecule has 2 atom stereocenters. The van der Waals surface area contributed by atoms with Crippen molar-refractivity contribution in [3.63, 3.8) is 0 Å². The van der Waals surface area contributed by atoms with Crippen LogP contribution >= 0.6 is 0 Å². The summed E-state index contributed by atoms with van der Waals surface area (Å²) in [5.74, 6) is 0. The molecular formula is C21H15NO2. The molecule has 0 spiro atoms. The molecule has 3 nitrogen and oxygen atoms in total. The Morgan fingerprint density at radius 2 is 1.58 bits per heavy atom. The quantitative estimate of drug-likeness (QED) is 0.381. The van der Waals surface area contributed by atoms with E-state index in [0.717, 1.165) is 32.9 Å². The molecule has 24 heavy (non-hydrogen) atoms. The lowest BCUT2D eigenvalue weighted by atomic mass is 9.89. The summed E-state index contributed by atoms with van der Waals surface area (Å²) in [7, 11) is 0. The number of fused-ring (bicyclic) bond motifs is 6. The highest BCUT2D eigenvalue weighted by Crippen LogP contribution is 2.35. The number of rotatable bonds is 0. The molecule has 1 aliphatic carbocycles. The van der Waals surface area contributed by atoms with Gasteiger partial charge >= 0.3 is 0 Å². The topological polar surface area (TPSA) is 53.4 Å². The van der Waals surface area contributed by atoms with Gasteiger partial charge in [0.05, 0.1) is 11.0 Å². The van der Waals surface area contributed by atoms with Gasteiger partial charge in [0.25, 0.3) is 0 Å². The zero-order valence-corrected chi connectivity index (χ0v) is 12.8. The molecule has 0 saturated carbocycles. The SMILES string of the molecule is O[C@@H]1C=Cc2c(ccc3nc4ccc5ccccc5c4cc23)[C@H]1O. The van der Waals surface area contributed by atoms with E-state index in [0.29, 0.717) is 0 Å². The van der Waals surface area contributed by atoms with Crippen LogP contribution in [0.1, 0.15) is 17.2 Å². The van der Waals surface area contributed by atoms with Crippen molar-refractivity contribution in [2.45, 2.75) is 12.2 Å². The maximum absolute atomic E-state index is 10.3. The van der Waals surface area contributed by atoms with Crippen LogP contribution < -0.4 is 0 Å². The molecule has 1 aromatic heterocycles. The van der Waals surface area contributed by atoms with Gasteiger partial charge in [-0.05, 0) is 40.1 Å². The summed E-state index contributed by atoms with van der Waals surface area (Å²) in [6.07, 6.45) is 1.77. The maximum Gasteiger partial charge on any atom is 0.109 e. The van der Waals surface area contributed by atoms with Gasteiger partial charge < -0.3 is 10.2 Å². The van der Waals surface area contributed by atoms with E-state index in [1.54, 1.807) is 6.08 Å². The number of nitrogens with zero attached hydrogens (tertiary/aromatic N) is 1. The molecule has 0 radical (unpaired) electrons. The van der Waals surface area contributed by atoms with Crippen LogP contribution in [0.3, 0.4) is 0 Å². The number of benzene rings is 3. The molecule has 116 valence electrons. The first kappa shape index (κ1) is 13.7. The third-order valence-corrected chi connectivity index (χ3v) is 4.88. The lowest BCUT2D eigenvalue weighted by molar-refractivity contribution is 0.0471. The first-order valence-corrected chi connectivity index (χ1v) is 8.02. The third-order valence-electron chi connectivity index (χ3n) is 4.88. The van der Waals surface area contributed by atoms with Gasteiger partial charge in [-0.3, -0.25) is 0 Å². The highest BCUT2D eigenvalue weighted by Gasteiger charge is 2.23. The first-order chi connectivity index (χ1) is 11.7. The van der Waals surface area contributed by atoms with Crippen LogP contribution in [0.4, 0.5) is 0 Å². The number of hydrogen-bond donors (Lipinski definition) is 2. The minimum Gasteiger partial charge on any atom is -0.386 e. The summed E-state index contributed by atoms with van der Waals surface area (Å²) in [6, 6.07) is 18.3. The van der Waals surface area contributed by atoms with Crippen LogP contribution in [0.15, 0.2) is 60.7 Å². The Labute approximate surface area is 138 Å². The van der Waals surface area contributed by atoms with E-state index in [1.807, 2.05) is 36.4 Å². The first-order valence-electron chi connectivity index (χ1n) is 8.02. The van der Waals surface area contributed by atoms with Crippen LogP contribution in [0.2, 0.25) is 0 Å². The Hall–Kier alpha value is -2.75. The standard InChI is InChI=1S/C21H15NO2/c23-20-10-7-14-15(21(20)24)6-9-19-17(14)11-16-13-4-2-1-3-12(13)5-8-18(16)22-19/h1-11,20-21,23-24H/t20-,21-/m1/s1. The van der Waals surface area contributed by atoms with Crippen molar-refractivity contribution < 1.29 is 10.2 Å². The van der Waals surface area contributed by atoms with Crippen molar-refractivity contribution in [2.24, 2.45) is 0 Å². The van der Waals surface area contributed by atoms with Crippen LogP contribution in [-0.4, -0.2) is 21.3 Å². The summed E-state index contributed by atoms with van der Waals surface area (Å²) >= 11 is 0. The molecule has 1 heterocycles. The van der Waals surface area contributed by atoms with E-state index in [1.165, 1.54) is 10.8 Å². The summed E-state index contributed by atoms with van der Waals surface area (Å²) in [5, 5.41) is 24.6. The zero-order valence-electron chi connectivity index (χ0n) is 12.8. The van der Waals surface area contributed by atoms with Gasteiger partial charge in [-0.25, -0.2) is 4.98 Å². The number of aromatic nitrogens is 1. The van der Waals surface area contributed by atoms with Crippen LogP contribution in [0.5, 0.6) is 0 Å². The van der Waals surface area contributed by atoms with Crippen molar-refractivity contribution >= 4 is 38.7 Å². The van der Waals surface area contributed by atoms with Gasteiger partial charge in [0, 0.05) is 10.8 Å². The predicted molar refractivity (Wildman–Crippen MR) is 96.8 cm³/mol. The average molecular weight is 313 g/mol. The predicted octanol–water partition coefficient (Wildman–Crippen LogP) is 3.96. The molecule has 5 rings (SSSR count). The van der Waals surface area contributed by atoms with Crippen molar-refractivity contribution in [3.8, 4) is 0 Å². The van der Waals surface area contributed by atoms with E-state index >= 15 is 0 Å². The Morgan fingerprint density at radius 3 is 2.50 bits per heavy atom. The van der Waals surface area contributed by atoms with E-state index in [2.05, 4.69) is 24.3 Å². The summed E-state index contributed by atoms with van der Waals surface area (Å²) < 4.78 is 0. The number of pyridine rings is 1. The largest absolute Gasteiger partial charge is 0.386 e. The molecule has 0 amide bonds. The second-order valence-electron chi connectivity index (χ2n) is 6.27. The molecular weight excluding hydrogens is 298 g/mol. The van der Waals surface area contributed by atoms with E-state index in [4.69, 9.17) is 4.98 Å². The Kier molecular flexibility index (Phi) is 2.77. The van der Waals surface area contributed by atoms with E-state index in [-0.39, 0.29) is 0 Å². The fourth-order valence-electron chi connectivity index (χ4n) is 3.63. The van der Waals surface area contributed by atoms with Gasteiger partial charge in [0.2, 0.25) is 0 Å². The highest BCUT2D eigenvalue weighted by molar-refractivity contribution is 6.10. The number of hydrogen-bond acceptors (Lipinski definition) is 3. The summed E-state index contributed by atoms with van der Waals surface area (Å²) in [4.78, 5) is 4.80. The van der Waals surface area contributed by atoms with Gasteiger partial charge in [-0.2, -0.15) is 0 Å². The van der Waals surface area contributed by atoms with Crippen molar-refractivity contribution in [1.29, 1.82) is 0 Å². The van der Waals surface area contributed by atoms with Crippen molar-refractivity contribution in [1.82, 2.24) is 4.98 Å². The Morgan fingerprint density at radius 1 is 0.792 bits per heavy atom.